The van der Waals surface area contributed by atoms with Crippen molar-refractivity contribution in [1.82, 2.24) is 5.32 Å². The van der Waals surface area contributed by atoms with Crippen LogP contribution in [-0.2, 0) is 20.9 Å². The van der Waals surface area contributed by atoms with E-state index in [1.165, 1.54) is 19.1 Å². The minimum Gasteiger partial charge on any atom is -0.481 e. The van der Waals surface area contributed by atoms with Crippen molar-refractivity contribution in [2.75, 3.05) is 6.61 Å². The summed E-state index contributed by atoms with van der Waals surface area (Å²) in [5, 5.41) is 11.9. The maximum Gasteiger partial charge on any atom is 0.315 e. The number of allylic oxidation sites excluding steroid dienone is 1. The van der Waals surface area contributed by atoms with Gasteiger partial charge in [0, 0.05) is 17.0 Å². The smallest absolute Gasteiger partial charge is 0.315 e. The third-order valence-electron chi connectivity index (χ3n) is 5.77. The third kappa shape index (κ3) is 5.79. The number of carbonyl (C=O) groups is 2. The van der Waals surface area contributed by atoms with Gasteiger partial charge in [0.25, 0.3) is 0 Å². The molecule has 1 fully saturated rings. The quantitative estimate of drug-likeness (QED) is 0.592. The average Bonchev–Trinajstić information content (AvgIpc) is 2.70. The minimum absolute atomic E-state index is 0.00332. The van der Waals surface area contributed by atoms with Crippen LogP contribution in [0.1, 0.15) is 38.2 Å². The molecule has 0 heterocycles. The molecule has 1 aromatic carbocycles. The van der Waals surface area contributed by atoms with Crippen molar-refractivity contribution in [2.24, 2.45) is 17.8 Å². The van der Waals surface area contributed by atoms with Gasteiger partial charge in [-0.2, -0.15) is 0 Å². The van der Waals surface area contributed by atoms with Gasteiger partial charge in [-0.05, 0) is 56.2 Å². The van der Waals surface area contributed by atoms with Gasteiger partial charge in [-0.1, -0.05) is 46.3 Å². The highest BCUT2D eigenvalue weighted by Gasteiger charge is 2.37. The van der Waals surface area contributed by atoms with E-state index in [9.17, 15) is 19.1 Å². The van der Waals surface area contributed by atoms with E-state index >= 15 is 0 Å². The number of benzene rings is 1. The number of halogens is 2. The Labute approximate surface area is 184 Å². The molecule has 0 radical (unpaired) electrons. The molecule has 0 bridgehead atoms. The number of carboxylic acid groups (broad SMARTS) is 1. The van der Waals surface area contributed by atoms with Crippen molar-refractivity contribution in [3.05, 3.63) is 58.2 Å². The average molecular weight is 480 g/mol. The van der Waals surface area contributed by atoms with Crippen LogP contribution >= 0.6 is 15.9 Å². The molecule has 162 valence electrons. The van der Waals surface area contributed by atoms with Gasteiger partial charge in [0.1, 0.15) is 5.92 Å². The summed E-state index contributed by atoms with van der Waals surface area (Å²) in [6, 6.07) is 10.0. The van der Waals surface area contributed by atoms with Gasteiger partial charge < -0.3 is 15.2 Å². The molecule has 5 nitrogen and oxygen atoms in total. The fourth-order valence-electron chi connectivity index (χ4n) is 3.93. The first-order valence-corrected chi connectivity index (χ1v) is 11.0. The number of nitrogens with one attached hydrogen (secondary N) is 1. The number of amides is 1. The van der Waals surface area contributed by atoms with Crippen LogP contribution in [0.15, 0.2) is 52.7 Å². The number of aliphatic carboxylic acids is 1. The molecule has 2 N–H and O–H groups in total. The number of rotatable bonds is 7. The number of carbonyl (C=O) groups excluding carboxylic acids is 1. The monoisotopic (exact) mass is 479 g/mol. The molecule has 2 aliphatic rings. The van der Waals surface area contributed by atoms with Gasteiger partial charge >= 0.3 is 5.97 Å². The number of alkyl halides is 1. The molecule has 0 aliphatic heterocycles. The third-order valence-corrected chi connectivity index (χ3v) is 6.49. The molecule has 0 aromatic heterocycles. The molecule has 1 aromatic rings. The van der Waals surface area contributed by atoms with Gasteiger partial charge in [0.15, 0.2) is 5.67 Å². The summed E-state index contributed by atoms with van der Waals surface area (Å²) in [5.74, 6) is -2.14. The van der Waals surface area contributed by atoms with Crippen molar-refractivity contribution >= 4 is 27.8 Å². The van der Waals surface area contributed by atoms with Crippen LogP contribution in [0.4, 0.5) is 4.39 Å². The summed E-state index contributed by atoms with van der Waals surface area (Å²) in [4.78, 5) is 24.0. The predicted molar refractivity (Wildman–Crippen MR) is 115 cm³/mol. The maximum absolute atomic E-state index is 14.9. The van der Waals surface area contributed by atoms with E-state index in [-0.39, 0.29) is 22.0 Å². The van der Waals surface area contributed by atoms with Gasteiger partial charge in [-0.25, -0.2) is 4.39 Å². The zero-order valence-corrected chi connectivity index (χ0v) is 18.5. The van der Waals surface area contributed by atoms with Crippen LogP contribution in [0, 0.1) is 17.8 Å². The summed E-state index contributed by atoms with van der Waals surface area (Å²) in [6.45, 7) is 2.55. The van der Waals surface area contributed by atoms with Gasteiger partial charge in [0.05, 0.1) is 12.3 Å². The molecular weight excluding hydrogens is 453 g/mol. The Kier molecular flexibility index (Phi) is 7.47. The summed E-state index contributed by atoms with van der Waals surface area (Å²) < 4.78 is 21.0. The van der Waals surface area contributed by atoms with Crippen molar-refractivity contribution in [1.29, 1.82) is 0 Å². The Morgan fingerprint density at radius 1 is 1.23 bits per heavy atom. The summed E-state index contributed by atoms with van der Waals surface area (Å²) in [7, 11) is 0. The van der Waals surface area contributed by atoms with E-state index in [1.807, 2.05) is 30.3 Å². The Morgan fingerprint density at radius 2 is 1.90 bits per heavy atom. The number of hydrogen-bond acceptors (Lipinski definition) is 3. The normalized spacial score (nSPS) is 29.0. The van der Waals surface area contributed by atoms with Gasteiger partial charge in [0.2, 0.25) is 5.91 Å². The van der Waals surface area contributed by atoms with E-state index in [0.717, 1.165) is 18.4 Å². The largest absolute Gasteiger partial charge is 0.481 e. The minimum atomic E-state index is -1.93. The summed E-state index contributed by atoms with van der Waals surface area (Å²) in [5.41, 5.74) is -0.791. The van der Waals surface area contributed by atoms with E-state index in [0.29, 0.717) is 32.0 Å². The first-order chi connectivity index (χ1) is 14.3. The molecule has 7 heteroatoms. The van der Waals surface area contributed by atoms with E-state index in [2.05, 4.69) is 21.2 Å². The summed E-state index contributed by atoms with van der Waals surface area (Å²) in [6.07, 6.45) is 5.65. The second-order valence-corrected chi connectivity index (χ2v) is 9.12. The van der Waals surface area contributed by atoms with Crippen molar-refractivity contribution in [3.8, 4) is 0 Å². The lowest BCUT2D eigenvalue weighted by molar-refractivity contribution is -0.139. The molecule has 0 spiro atoms. The van der Waals surface area contributed by atoms with E-state index < -0.39 is 17.6 Å². The zero-order chi connectivity index (χ0) is 21.7. The summed E-state index contributed by atoms with van der Waals surface area (Å²) >= 11 is 3.11. The number of hydrogen-bond donors (Lipinski definition) is 2. The molecule has 0 saturated heterocycles. The Balaban J connectivity index is 1.48. The second-order valence-electron chi connectivity index (χ2n) is 8.21. The van der Waals surface area contributed by atoms with Crippen molar-refractivity contribution in [3.63, 3.8) is 0 Å². The molecular formula is C23H27BrFNO4. The zero-order valence-electron chi connectivity index (χ0n) is 16.9. The standard InChI is InChI=1S/C23H27BrFNO4/c1-23(25)12-19(24)18(22(28)29)11-20(23)26-21(27)17-9-7-16(8-10-17)14-30-13-15-5-3-2-4-6-15/h2-6,11-12,16-18H,7-10,13-14H2,1H3,(H,26,27)(H,28,29). The lowest BCUT2D eigenvalue weighted by Crippen LogP contribution is -2.41. The van der Waals surface area contributed by atoms with Crippen LogP contribution in [0.2, 0.25) is 0 Å². The van der Waals surface area contributed by atoms with Crippen LogP contribution in [0.5, 0.6) is 0 Å². The highest BCUT2D eigenvalue weighted by Crippen LogP contribution is 2.36. The maximum atomic E-state index is 14.9. The van der Waals surface area contributed by atoms with Gasteiger partial charge in [-0.15, -0.1) is 0 Å². The van der Waals surface area contributed by atoms with Crippen molar-refractivity contribution < 1.29 is 23.8 Å². The fraction of sp³-hybridized carbons (Fsp3) is 0.478. The van der Waals surface area contributed by atoms with Crippen LogP contribution in [0.3, 0.4) is 0 Å². The van der Waals surface area contributed by atoms with E-state index in [1.54, 1.807) is 0 Å². The molecule has 3 rings (SSSR count). The number of ether oxygens (including phenoxy) is 1. The number of carboxylic acids is 1. The highest BCUT2D eigenvalue weighted by atomic mass is 79.9. The van der Waals surface area contributed by atoms with Gasteiger partial charge in [-0.3, -0.25) is 9.59 Å². The van der Waals surface area contributed by atoms with Crippen LogP contribution < -0.4 is 5.32 Å². The lowest BCUT2D eigenvalue weighted by atomic mass is 9.81. The Morgan fingerprint density at radius 3 is 2.53 bits per heavy atom. The SMILES string of the molecule is CC1(F)C=C(Br)C(C(=O)O)C=C1NC(=O)C1CCC(COCc2ccccc2)CC1. The van der Waals surface area contributed by atoms with E-state index in [4.69, 9.17) is 4.74 Å². The first-order valence-electron chi connectivity index (χ1n) is 10.2. The Hall–Kier alpha value is -1.99. The first kappa shape index (κ1) is 22.7. The van der Waals surface area contributed by atoms with Crippen molar-refractivity contribution in [2.45, 2.75) is 44.9 Å². The lowest BCUT2D eigenvalue weighted by Gasteiger charge is -2.31. The predicted octanol–water partition coefficient (Wildman–Crippen LogP) is 4.73. The molecule has 30 heavy (non-hydrogen) atoms. The van der Waals surface area contributed by atoms with Crippen LogP contribution in [0.25, 0.3) is 0 Å². The molecule has 2 aliphatic carbocycles. The molecule has 2 unspecified atom stereocenters. The molecule has 1 amide bonds. The molecule has 2 atom stereocenters. The topological polar surface area (TPSA) is 75.6 Å². The fourth-order valence-corrected chi connectivity index (χ4v) is 4.69. The molecule has 1 saturated carbocycles. The highest BCUT2D eigenvalue weighted by molar-refractivity contribution is 9.11. The Bertz CT molecular complexity index is 829. The van der Waals surface area contributed by atoms with Crippen LogP contribution in [-0.4, -0.2) is 29.3 Å². The second kappa shape index (κ2) is 9.88.